The van der Waals surface area contributed by atoms with E-state index in [0.717, 1.165) is 30.3 Å². The molecular weight excluding hydrogens is 318 g/mol. The molecule has 2 atom stereocenters. The highest BCUT2D eigenvalue weighted by molar-refractivity contribution is 9.10. The van der Waals surface area contributed by atoms with Crippen molar-refractivity contribution in [2.24, 2.45) is 5.73 Å². The smallest absolute Gasteiger partial charge is 0.237 e. The van der Waals surface area contributed by atoms with Gasteiger partial charge in [-0.1, -0.05) is 34.5 Å². The maximum absolute atomic E-state index is 12.1. The molecule has 0 aromatic heterocycles. The molecule has 2 unspecified atom stereocenters. The molecule has 1 aliphatic heterocycles. The number of rotatable bonds is 4. The largest absolute Gasteiger partial charge is 0.358 e. The lowest BCUT2D eigenvalue weighted by molar-refractivity contribution is -0.128. The second-order valence-electron chi connectivity index (χ2n) is 5.17. The summed E-state index contributed by atoms with van der Waals surface area (Å²) in [4.78, 5) is 14.3. The van der Waals surface area contributed by atoms with Gasteiger partial charge in [0.05, 0.1) is 6.04 Å². The molecule has 5 heteroatoms. The average Bonchev–Trinajstić information content (AvgIpc) is 2.49. The number of piperidine rings is 1. The molecule has 1 aliphatic rings. The lowest BCUT2D eigenvalue weighted by Gasteiger charge is -2.40. The third kappa shape index (κ3) is 3.40. The molecule has 4 nitrogen and oxygen atoms in total. The van der Waals surface area contributed by atoms with Crippen molar-refractivity contribution < 1.29 is 4.79 Å². The molecular formula is C15H22BrN3O. The quantitative estimate of drug-likeness (QED) is 0.882. The van der Waals surface area contributed by atoms with Gasteiger partial charge >= 0.3 is 0 Å². The summed E-state index contributed by atoms with van der Waals surface area (Å²) in [6, 6.07) is 8.25. The van der Waals surface area contributed by atoms with E-state index in [4.69, 9.17) is 5.73 Å². The van der Waals surface area contributed by atoms with Crippen LogP contribution in [0, 0.1) is 0 Å². The standard InChI is InChI=1S/C15H22BrN3O/c1-18-15(20)13-4-2-3-9-19(13)14(10-17)11-5-7-12(16)8-6-11/h5-8,13-14H,2-4,9-10,17H2,1H3,(H,18,20). The van der Waals surface area contributed by atoms with E-state index in [0.29, 0.717) is 6.54 Å². The first kappa shape index (κ1) is 15.5. The van der Waals surface area contributed by atoms with Gasteiger partial charge in [0, 0.05) is 24.1 Å². The molecule has 0 bridgehead atoms. The molecule has 0 aliphatic carbocycles. The number of carbonyl (C=O) groups excluding carboxylic acids is 1. The van der Waals surface area contributed by atoms with Crippen LogP contribution in [0.25, 0.3) is 0 Å². The number of nitrogens with one attached hydrogen (secondary N) is 1. The van der Waals surface area contributed by atoms with E-state index >= 15 is 0 Å². The number of benzene rings is 1. The minimum Gasteiger partial charge on any atom is -0.358 e. The Balaban J connectivity index is 2.23. The van der Waals surface area contributed by atoms with Gasteiger partial charge in [0.25, 0.3) is 0 Å². The number of hydrogen-bond donors (Lipinski definition) is 2. The molecule has 1 aromatic rings. The second kappa shape index (κ2) is 7.20. The number of nitrogens with zero attached hydrogens (tertiary/aromatic N) is 1. The third-order valence-corrected chi connectivity index (χ3v) is 4.50. The summed E-state index contributed by atoms with van der Waals surface area (Å²) in [6.45, 7) is 1.45. The van der Waals surface area contributed by atoms with Gasteiger partial charge in [0.2, 0.25) is 5.91 Å². The Morgan fingerprint density at radius 3 is 2.75 bits per heavy atom. The molecule has 0 saturated carbocycles. The Kier molecular flexibility index (Phi) is 5.57. The van der Waals surface area contributed by atoms with E-state index in [-0.39, 0.29) is 18.0 Å². The van der Waals surface area contributed by atoms with Crippen molar-refractivity contribution in [1.82, 2.24) is 10.2 Å². The van der Waals surface area contributed by atoms with Crippen molar-refractivity contribution in [1.29, 1.82) is 0 Å². The van der Waals surface area contributed by atoms with Crippen molar-refractivity contribution in [2.75, 3.05) is 20.1 Å². The van der Waals surface area contributed by atoms with Crippen molar-refractivity contribution in [2.45, 2.75) is 31.3 Å². The fraction of sp³-hybridized carbons (Fsp3) is 0.533. The van der Waals surface area contributed by atoms with Crippen LogP contribution in [0.3, 0.4) is 0 Å². The molecule has 1 saturated heterocycles. The zero-order chi connectivity index (χ0) is 14.5. The zero-order valence-corrected chi connectivity index (χ0v) is 13.4. The monoisotopic (exact) mass is 339 g/mol. The number of amides is 1. The van der Waals surface area contributed by atoms with Gasteiger partial charge in [0.15, 0.2) is 0 Å². The van der Waals surface area contributed by atoms with E-state index in [9.17, 15) is 4.79 Å². The molecule has 0 spiro atoms. The Morgan fingerprint density at radius 2 is 2.15 bits per heavy atom. The fourth-order valence-corrected chi connectivity index (χ4v) is 3.19. The van der Waals surface area contributed by atoms with Crippen LogP contribution in [-0.4, -0.2) is 37.0 Å². The maximum atomic E-state index is 12.1. The van der Waals surface area contributed by atoms with Gasteiger partial charge in [-0.15, -0.1) is 0 Å². The van der Waals surface area contributed by atoms with Gasteiger partial charge in [-0.3, -0.25) is 9.69 Å². The zero-order valence-electron chi connectivity index (χ0n) is 11.8. The van der Waals surface area contributed by atoms with Crippen LogP contribution in [-0.2, 0) is 4.79 Å². The summed E-state index contributed by atoms with van der Waals surface area (Å²) in [5.41, 5.74) is 7.17. The number of halogens is 1. The fourth-order valence-electron chi connectivity index (χ4n) is 2.92. The summed E-state index contributed by atoms with van der Waals surface area (Å²) < 4.78 is 1.05. The molecule has 20 heavy (non-hydrogen) atoms. The minimum atomic E-state index is -0.0639. The second-order valence-corrected chi connectivity index (χ2v) is 6.08. The summed E-state index contributed by atoms with van der Waals surface area (Å²) in [6.07, 6.45) is 3.14. The van der Waals surface area contributed by atoms with Crippen LogP contribution in [0.1, 0.15) is 30.9 Å². The molecule has 1 heterocycles. The molecule has 0 radical (unpaired) electrons. The molecule has 3 N–H and O–H groups in total. The Morgan fingerprint density at radius 1 is 1.45 bits per heavy atom. The van der Waals surface area contributed by atoms with Crippen molar-refractivity contribution >= 4 is 21.8 Å². The average molecular weight is 340 g/mol. The lowest BCUT2D eigenvalue weighted by atomic mass is 9.95. The van der Waals surface area contributed by atoms with Gasteiger partial charge in [-0.2, -0.15) is 0 Å². The molecule has 1 amide bonds. The predicted octanol–water partition coefficient (Wildman–Crippen LogP) is 2.05. The number of likely N-dealkylation sites (tertiary alicyclic amines) is 1. The number of likely N-dealkylation sites (N-methyl/N-ethyl adjacent to an activating group) is 1. The van der Waals surface area contributed by atoms with E-state index in [2.05, 4.69) is 38.3 Å². The first-order valence-corrected chi connectivity index (χ1v) is 7.89. The van der Waals surface area contributed by atoms with Gasteiger partial charge in [-0.05, 0) is 37.1 Å². The topological polar surface area (TPSA) is 58.4 Å². The van der Waals surface area contributed by atoms with Gasteiger partial charge in [-0.25, -0.2) is 0 Å². The summed E-state index contributed by atoms with van der Waals surface area (Å²) in [7, 11) is 1.70. The predicted molar refractivity (Wildman–Crippen MR) is 84.3 cm³/mol. The highest BCUT2D eigenvalue weighted by atomic mass is 79.9. The SMILES string of the molecule is CNC(=O)C1CCCCN1C(CN)c1ccc(Br)cc1. The van der Waals surface area contributed by atoms with Gasteiger partial charge in [0.1, 0.15) is 0 Å². The summed E-state index contributed by atoms with van der Waals surface area (Å²) in [5.74, 6) is 0.0975. The minimum absolute atomic E-state index is 0.0639. The van der Waals surface area contributed by atoms with Crippen LogP contribution in [0.2, 0.25) is 0 Å². The highest BCUT2D eigenvalue weighted by Crippen LogP contribution is 2.29. The van der Waals surface area contributed by atoms with E-state index in [1.54, 1.807) is 7.05 Å². The van der Waals surface area contributed by atoms with Crippen LogP contribution in [0.15, 0.2) is 28.7 Å². The summed E-state index contributed by atoms with van der Waals surface area (Å²) >= 11 is 3.45. The highest BCUT2D eigenvalue weighted by Gasteiger charge is 2.33. The van der Waals surface area contributed by atoms with Crippen molar-refractivity contribution in [3.8, 4) is 0 Å². The van der Waals surface area contributed by atoms with E-state index in [1.807, 2.05) is 12.1 Å². The van der Waals surface area contributed by atoms with Crippen LogP contribution >= 0.6 is 15.9 Å². The third-order valence-electron chi connectivity index (χ3n) is 3.97. The number of hydrogen-bond acceptors (Lipinski definition) is 3. The van der Waals surface area contributed by atoms with Gasteiger partial charge < -0.3 is 11.1 Å². The van der Waals surface area contributed by atoms with Crippen LogP contribution < -0.4 is 11.1 Å². The Hall–Kier alpha value is -0.910. The van der Waals surface area contributed by atoms with E-state index < -0.39 is 0 Å². The Labute approximate surface area is 128 Å². The lowest BCUT2D eigenvalue weighted by Crippen LogP contribution is -2.51. The number of nitrogens with two attached hydrogens (primary N) is 1. The van der Waals surface area contributed by atoms with Crippen molar-refractivity contribution in [3.63, 3.8) is 0 Å². The maximum Gasteiger partial charge on any atom is 0.237 e. The molecule has 1 fully saturated rings. The first-order chi connectivity index (χ1) is 9.67. The molecule has 2 rings (SSSR count). The summed E-state index contributed by atoms with van der Waals surface area (Å²) in [5, 5.41) is 2.78. The molecule has 110 valence electrons. The Bertz CT molecular complexity index is 449. The number of carbonyl (C=O) groups is 1. The van der Waals surface area contributed by atoms with Crippen LogP contribution in [0.4, 0.5) is 0 Å². The van der Waals surface area contributed by atoms with E-state index in [1.165, 1.54) is 5.56 Å². The first-order valence-electron chi connectivity index (χ1n) is 7.10. The van der Waals surface area contributed by atoms with Crippen LogP contribution in [0.5, 0.6) is 0 Å². The molecule has 1 aromatic carbocycles. The normalized spacial score (nSPS) is 21.4. The van der Waals surface area contributed by atoms with Crippen molar-refractivity contribution in [3.05, 3.63) is 34.3 Å².